The number of nitrogens with one attached hydrogen (secondary N) is 2. The van der Waals surface area contributed by atoms with E-state index >= 15 is 0 Å². The Morgan fingerprint density at radius 2 is 2.33 bits per heavy atom. The Labute approximate surface area is 121 Å². The van der Waals surface area contributed by atoms with Crippen molar-refractivity contribution in [2.45, 2.75) is 12.5 Å². The normalized spacial score (nSPS) is 18.9. The number of hydrogen-bond donors (Lipinski definition) is 3. The molecule has 0 unspecified atom stereocenters. The second-order valence-corrected chi connectivity index (χ2v) is 4.97. The Morgan fingerprint density at radius 1 is 1.48 bits per heavy atom. The number of benzene rings is 1. The number of nitrogens with two attached hydrogens (primary N) is 1. The fourth-order valence-corrected chi connectivity index (χ4v) is 2.38. The van der Waals surface area contributed by atoms with Gasteiger partial charge in [-0.1, -0.05) is 0 Å². The van der Waals surface area contributed by atoms with Gasteiger partial charge in [-0.3, -0.25) is 0 Å². The molecule has 0 saturated carbocycles. The average Bonchev–Trinajstić information content (AvgIpc) is 2.95. The SMILES string of the molecule is NCC[C@@H]1CN(C(=O)Nc2ccc3n[nH]nc3c2)CCO1. The molecule has 1 aliphatic rings. The Bertz CT molecular complexity index is 626. The van der Waals surface area contributed by atoms with Crippen LogP contribution in [0.4, 0.5) is 10.5 Å². The molecule has 8 nitrogen and oxygen atoms in total. The van der Waals surface area contributed by atoms with E-state index in [4.69, 9.17) is 10.5 Å². The van der Waals surface area contributed by atoms with Crippen LogP contribution in [-0.4, -0.2) is 58.7 Å². The fraction of sp³-hybridized carbons (Fsp3) is 0.462. The molecule has 0 bridgehead atoms. The number of nitrogens with zero attached hydrogens (tertiary/aromatic N) is 3. The average molecular weight is 290 g/mol. The number of urea groups is 1. The Kier molecular flexibility index (Phi) is 3.98. The molecule has 2 amide bonds. The van der Waals surface area contributed by atoms with E-state index in [-0.39, 0.29) is 12.1 Å². The van der Waals surface area contributed by atoms with Gasteiger partial charge in [0.15, 0.2) is 0 Å². The van der Waals surface area contributed by atoms with Crippen LogP contribution in [0.3, 0.4) is 0 Å². The maximum absolute atomic E-state index is 12.3. The molecule has 2 aromatic rings. The summed E-state index contributed by atoms with van der Waals surface area (Å²) in [5.74, 6) is 0. The first-order valence-electron chi connectivity index (χ1n) is 6.94. The number of anilines is 1. The monoisotopic (exact) mass is 290 g/mol. The number of amides is 2. The third-order valence-electron chi connectivity index (χ3n) is 3.48. The summed E-state index contributed by atoms with van der Waals surface area (Å²) >= 11 is 0. The van der Waals surface area contributed by atoms with Gasteiger partial charge in [-0.25, -0.2) is 4.79 Å². The first kappa shape index (κ1) is 13.8. The molecular weight excluding hydrogens is 272 g/mol. The number of aromatic nitrogens is 3. The lowest BCUT2D eigenvalue weighted by Crippen LogP contribution is -2.47. The summed E-state index contributed by atoms with van der Waals surface area (Å²) in [4.78, 5) is 14.0. The zero-order valence-electron chi connectivity index (χ0n) is 11.6. The van der Waals surface area contributed by atoms with Crippen LogP contribution >= 0.6 is 0 Å². The van der Waals surface area contributed by atoms with Gasteiger partial charge in [0.2, 0.25) is 0 Å². The van der Waals surface area contributed by atoms with Crippen molar-refractivity contribution >= 4 is 22.8 Å². The topological polar surface area (TPSA) is 109 Å². The van der Waals surface area contributed by atoms with E-state index in [2.05, 4.69) is 20.7 Å². The number of morpholine rings is 1. The van der Waals surface area contributed by atoms with Crippen molar-refractivity contribution in [3.63, 3.8) is 0 Å². The summed E-state index contributed by atoms with van der Waals surface area (Å²) < 4.78 is 5.57. The second-order valence-electron chi connectivity index (χ2n) is 4.97. The number of fused-ring (bicyclic) bond motifs is 1. The third kappa shape index (κ3) is 3.11. The molecule has 3 rings (SSSR count). The van der Waals surface area contributed by atoms with E-state index in [0.29, 0.717) is 31.9 Å². The van der Waals surface area contributed by atoms with E-state index in [0.717, 1.165) is 17.5 Å². The molecule has 1 aromatic carbocycles. The van der Waals surface area contributed by atoms with Crippen LogP contribution in [0.25, 0.3) is 11.0 Å². The highest BCUT2D eigenvalue weighted by atomic mass is 16.5. The molecule has 0 radical (unpaired) electrons. The van der Waals surface area contributed by atoms with E-state index < -0.39 is 0 Å². The molecule has 4 N–H and O–H groups in total. The van der Waals surface area contributed by atoms with Crippen molar-refractivity contribution in [2.24, 2.45) is 5.73 Å². The standard InChI is InChI=1S/C13H18N6O2/c14-4-3-10-8-19(5-6-21-10)13(20)15-9-1-2-11-12(7-9)17-18-16-11/h1-2,7,10H,3-6,8,14H2,(H,15,20)(H,16,17,18)/t10-/m1/s1. The van der Waals surface area contributed by atoms with Crippen molar-refractivity contribution in [1.29, 1.82) is 0 Å². The molecule has 112 valence electrons. The van der Waals surface area contributed by atoms with Crippen LogP contribution in [0.5, 0.6) is 0 Å². The van der Waals surface area contributed by atoms with Gasteiger partial charge in [-0.05, 0) is 31.2 Å². The first-order chi connectivity index (χ1) is 10.3. The smallest absolute Gasteiger partial charge is 0.322 e. The van der Waals surface area contributed by atoms with Crippen molar-refractivity contribution in [2.75, 3.05) is 31.6 Å². The van der Waals surface area contributed by atoms with Crippen LogP contribution < -0.4 is 11.1 Å². The van der Waals surface area contributed by atoms with E-state index in [9.17, 15) is 4.79 Å². The molecular formula is C13H18N6O2. The molecule has 21 heavy (non-hydrogen) atoms. The highest BCUT2D eigenvalue weighted by molar-refractivity contribution is 5.91. The van der Waals surface area contributed by atoms with Gasteiger partial charge in [0.25, 0.3) is 0 Å². The number of hydrogen-bond acceptors (Lipinski definition) is 5. The summed E-state index contributed by atoms with van der Waals surface area (Å²) in [7, 11) is 0. The minimum atomic E-state index is -0.136. The van der Waals surface area contributed by atoms with Gasteiger partial charge in [-0.2, -0.15) is 15.4 Å². The van der Waals surface area contributed by atoms with E-state index in [1.54, 1.807) is 17.0 Å². The number of rotatable bonds is 3. The fourth-order valence-electron chi connectivity index (χ4n) is 2.38. The molecule has 1 saturated heterocycles. The zero-order valence-corrected chi connectivity index (χ0v) is 11.6. The lowest BCUT2D eigenvalue weighted by atomic mass is 10.2. The van der Waals surface area contributed by atoms with Crippen LogP contribution in [0.1, 0.15) is 6.42 Å². The van der Waals surface area contributed by atoms with Gasteiger partial charge < -0.3 is 20.7 Å². The quantitative estimate of drug-likeness (QED) is 0.764. The van der Waals surface area contributed by atoms with E-state index in [1.807, 2.05) is 6.07 Å². The van der Waals surface area contributed by atoms with E-state index in [1.165, 1.54) is 0 Å². The highest BCUT2D eigenvalue weighted by Crippen LogP contribution is 2.16. The minimum Gasteiger partial charge on any atom is -0.374 e. The maximum atomic E-state index is 12.3. The summed E-state index contributed by atoms with van der Waals surface area (Å²) in [6.07, 6.45) is 0.779. The Balaban J connectivity index is 1.64. The molecule has 1 atom stereocenters. The zero-order chi connectivity index (χ0) is 14.7. The van der Waals surface area contributed by atoms with Crippen molar-refractivity contribution < 1.29 is 9.53 Å². The lowest BCUT2D eigenvalue weighted by Gasteiger charge is -2.32. The predicted octanol–water partition coefficient (Wildman–Crippen LogP) is 0.539. The van der Waals surface area contributed by atoms with Gasteiger partial charge in [0, 0.05) is 18.8 Å². The van der Waals surface area contributed by atoms with Crippen LogP contribution in [0.15, 0.2) is 18.2 Å². The van der Waals surface area contributed by atoms with Crippen LogP contribution in [-0.2, 0) is 4.74 Å². The largest absolute Gasteiger partial charge is 0.374 e. The molecule has 0 spiro atoms. The summed E-state index contributed by atoms with van der Waals surface area (Å²) in [6, 6.07) is 5.27. The van der Waals surface area contributed by atoms with Gasteiger partial charge in [0.1, 0.15) is 11.0 Å². The summed E-state index contributed by atoms with van der Waals surface area (Å²) in [5, 5.41) is 13.4. The Hall–Kier alpha value is -2.19. The minimum absolute atomic E-state index is 0.0209. The van der Waals surface area contributed by atoms with Crippen LogP contribution in [0, 0.1) is 0 Å². The van der Waals surface area contributed by atoms with Gasteiger partial charge in [-0.15, -0.1) is 0 Å². The predicted molar refractivity (Wildman–Crippen MR) is 77.9 cm³/mol. The van der Waals surface area contributed by atoms with Gasteiger partial charge in [0.05, 0.1) is 12.7 Å². The number of H-pyrrole nitrogens is 1. The summed E-state index contributed by atoms with van der Waals surface area (Å²) in [5.41, 5.74) is 7.71. The first-order valence-corrected chi connectivity index (χ1v) is 6.94. The highest BCUT2D eigenvalue weighted by Gasteiger charge is 2.23. The molecule has 1 aromatic heterocycles. The third-order valence-corrected chi connectivity index (χ3v) is 3.48. The number of aromatic amines is 1. The Morgan fingerprint density at radius 3 is 3.19 bits per heavy atom. The summed E-state index contributed by atoms with van der Waals surface area (Å²) in [6.45, 7) is 2.25. The molecule has 1 fully saturated rings. The maximum Gasteiger partial charge on any atom is 0.322 e. The van der Waals surface area contributed by atoms with Crippen molar-refractivity contribution in [1.82, 2.24) is 20.3 Å². The molecule has 2 heterocycles. The van der Waals surface area contributed by atoms with Crippen molar-refractivity contribution in [3.05, 3.63) is 18.2 Å². The number of carbonyl (C=O) groups excluding carboxylic acids is 1. The van der Waals surface area contributed by atoms with Crippen LogP contribution in [0.2, 0.25) is 0 Å². The van der Waals surface area contributed by atoms with Crippen molar-refractivity contribution in [3.8, 4) is 0 Å². The molecule has 8 heteroatoms. The number of ether oxygens (including phenoxy) is 1. The molecule has 0 aliphatic carbocycles. The molecule has 1 aliphatic heterocycles. The van der Waals surface area contributed by atoms with Gasteiger partial charge >= 0.3 is 6.03 Å². The second kappa shape index (κ2) is 6.06. The number of carbonyl (C=O) groups is 1. The lowest BCUT2D eigenvalue weighted by molar-refractivity contribution is -0.0146.